The standard InChI is InChI=1S/C23H30N6O2.HI/c1-24-23(29-13-11-28(12-14-29)21-9-2-3-10-25-21)26-17-18-6-4-7-19(16-18)27-22(30)20-8-5-15-31-20;/h2-4,6-7,9-10,16,20H,5,8,11-15,17H2,1H3,(H,24,26)(H,27,30);1H. The van der Waals surface area contributed by atoms with Crippen molar-refractivity contribution in [1.82, 2.24) is 15.2 Å². The summed E-state index contributed by atoms with van der Waals surface area (Å²) in [6.45, 7) is 4.88. The molecule has 0 saturated carbocycles. The van der Waals surface area contributed by atoms with Crippen LogP contribution in [0.4, 0.5) is 11.5 Å². The number of aliphatic imine (C=N–C) groups is 1. The summed E-state index contributed by atoms with van der Waals surface area (Å²) in [5.41, 5.74) is 1.87. The highest BCUT2D eigenvalue weighted by Gasteiger charge is 2.23. The maximum Gasteiger partial charge on any atom is 0.253 e. The first kappa shape index (κ1) is 24.2. The lowest BCUT2D eigenvalue weighted by Gasteiger charge is -2.37. The monoisotopic (exact) mass is 550 g/mol. The van der Waals surface area contributed by atoms with Crippen molar-refractivity contribution in [2.45, 2.75) is 25.5 Å². The van der Waals surface area contributed by atoms with Crippen LogP contribution in [0.5, 0.6) is 0 Å². The fourth-order valence-corrected chi connectivity index (χ4v) is 3.97. The number of aromatic nitrogens is 1. The lowest BCUT2D eigenvalue weighted by Crippen LogP contribution is -2.52. The molecule has 32 heavy (non-hydrogen) atoms. The number of rotatable bonds is 5. The number of anilines is 2. The Morgan fingerprint density at radius 2 is 2.03 bits per heavy atom. The van der Waals surface area contributed by atoms with Crippen LogP contribution < -0.4 is 15.5 Å². The number of pyridine rings is 1. The molecule has 2 fully saturated rings. The molecule has 1 aromatic carbocycles. The number of carbonyl (C=O) groups excluding carboxylic acids is 1. The van der Waals surface area contributed by atoms with Crippen LogP contribution in [0.2, 0.25) is 0 Å². The topological polar surface area (TPSA) is 82.1 Å². The second-order valence-corrected chi connectivity index (χ2v) is 7.75. The number of hydrogen-bond donors (Lipinski definition) is 2. The minimum absolute atomic E-state index is 0. The summed E-state index contributed by atoms with van der Waals surface area (Å²) in [5, 5.41) is 6.42. The Kier molecular flexibility index (Phi) is 9.10. The summed E-state index contributed by atoms with van der Waals surface area (Å²) < 4.78 is 5.46. The molecule has 1 aromatic heterocycles. The van der Waals surface area contributed by atoms with Crippen LogP contribution in [0, 0.1) is 0 Å². The Morgan fingerprint density at radius 1 is 1.19 bits per heavy atom. The molecule has 172 valence electrons. The summed E-state index contributed by atoms with van der Waals surface area (Å²) in [5.74, 6) is 1.84. The Bertz CT molecular complexity index is 896. The number of piperazine rings is 1. The highest BCUT2D eigenvalue weighted by molar-refractivity contribution is 14.0. The molecule has 3 heterocycles. The summed E-state index contributed by atoms with van der Waals surface area (Å²) in [6.07, 6.45) is 3.23. The fraction of sp³-hybridized carbons (Fsp3) is 0.435. The van der Waals surface area contributed by atoms with Gasteiger partial charge in [-0.1, -0.05) is 18.2 Å². The molecule has 2 aliphatic rings. The molecule has 8 nitrogen and oxygen atoms in total. The number of ether oxygens (including phenoxy) is 1. The van der Waals surface area contributed by atoms with E-state index in [0.717, 1.165) is 62.0 Å². The Morgan fingerprint density at radius 3 is 2.72 bits per heavy atom. The van der Waals surface area contributed by atoms with Crippen molar-refractivity contribution in [2.75, 3.05) is 50.1 Å². The van der Waals surface area contributed by atoms with Crippen LogP contribution in [-0.4, -0.2) is 67.7 Å². The van der Waals surface area contributed by atoms with E-state index in [4.69, 9.17) is 4.74 Å². The maximum atomic E-state index is 12.3. The lowest BCUT2D eigenvalue weighted by molar-refractivity contribution is -0.124. The smallest absolute Gasteiger partial charge is 0.253 e. The van der Waals surface area contributed by atoms with Crippen molar-refractivity contribution in [3.05, 3.63) is 54.2 Å². The quantitative estimate of drug-likeness (QED) is 0.339. The van der Waals surface area contributed by atoms with Crippen LogP contribution in [0.25, 0.3) is 0 Å². The van der Waals surface area contributed by atoms with Gasteiger partial charge in [0.15, 0.2) is 5.96 Å². The molecule has 0 aliphatic carbocycles. The average molecular weight is 550 g/mol. The predicted octanol–water partition coefficient (Wildman–Crippen LogP) is 2.71. The third-order valence-corrected chi connectivity index (χ3v) is 5.63. The number of halogens is 1. The largest absolute Gasteiger partial charge is 0.368 e. The second-order valence-electron chi connectivity index (χ2n) is 7.75. The van der Waals surface area contributed by atoms with E-state index in [1.807, 2.05) is 55.7 Å². The Hall–Kier alpha value is -2.40. The molecule has 0 radical (unpaired) electrons. The molecule has 4 rings (SSSR count). The molecule has 9 heteroatoms. The summed E-state index contributed by atoms with van der Waals surface area (Å²) >= 11 is 0. The van der Waals surface area contributed by atoms with Gasteiger partial charge < -0.3 is 25.2 Å². The van der Waals surface area contributed by atoms with Gasteiger partial charge in [-0.2, -0.15) is 0 Å². The SMILES string of the molecule is CN=C(NCc1cccc(NC(=O)C2CCCO2)c1)N1CCN(c2ccccn2)CC1.I. The van der Waals surface area contributed by atoms with E-state index in [1.165, 1.54) is 0 Å². The first-order valence-electron chi connectivity index (χ1n) is 10.9. The fourth-order valence-electron chi connectivity index (χ4n) is 3.97. The van der Waals surface area contributed by atoms with E-state index in [1.54, 1.807) is 0 Å². The van der Waals surface area contributed by atoms with Crippen LogP contribution >= 0.6 is 24.0 Å². The number of nitrogens with zero attached hydrogens (tertiary/aromatic N) is 4. The third kappa shape index (κ3) is 6.32. The van der Waals surface area contributed by atoms with Crippen LogP contribution in [0.15, 0.2) is 53.7 Å². The second kappa shape index (κ2) is 12.0. The van der Waals surface area contributed by atoms with E-state index >= 15 is 0 Å². The lowest BCUT2D eigenvalue weighted by atomic mass is 10.2. The van der Waals surface area contributed by atoms with Gasteiger partial charge in [0.25, 0.3) is 5.91 Å². The summed E-state index contributed by atoms with van der Waals surface area (Å²) in [6, 6.07) is 13.9. The van der Waals surface area contributed by atoms with Crippen LogP contribution in [-0.2, 0) is 16.1 Å². The molecule has 1 unspecified atom stereocenters. The highest BCUT2D eigenvalue weighted by atomic mass is 127. The van der Waals surface area contributed by atoms with E-state index in [-0.39, 0.29) is 36.0 Å². The number of carbonyl (C=O) groups is 1. The van der Waals surface area contributed by atoms with Crippen molar-refractivity contribution in [1.29, 1.82) is 0 Å². The molecule has 0 bridgehead atoms. The van der Waals surface area contributed by atoms with Crippen molar-refractivity contribution >= 4 is 47.3 Å². The van der Waals surface area contributed by atoms with Gasteiger partial charge in [-0.15, -0.1) is 24.0 Å². The van der Waals surface area contributed by atoms with E-state index in [9.17, 15) is 4.79 Å². The number of benzene rings is 1. The van der Waals surface area contributed by atoms with Crippen molar-refractivity contribution < 1.29 is 9.53 Å². The van der Waals surface area contributed by atoms with Gasteiger partial charge in [0.05, 0.1) is 0 Å². The molecule has 1 amide bonds. The van der Waals surface area contributed by atoms with Gasteiger partial charge in [-0.05, 0) is 42.7 Å². The first-order valence-corrected chi connectivity index (χ1v) is 10.9. The van der Waals surface area contributed by atoms with E-state index in [0.29, 0.717) is 13.2 Å². The van der Waals surface area contributed by atoms with E-state index < -0.39 is 0 Å². The average Bonchev–Trinajstić information content (AvgIpc) is 3.36. The first-order chi connectivity index (χ1) is 15.2. The van der Waals surface area contributed by atoms with Crippen LogP contribution in [0.3, 0.4) is 0 Å². The van der Waals surface area contributed by atoms with Gasteiger partial charge in [0.1, 0.15) is 11.9 Å². The van der Waals surface area contributed by atoms with Gasteiger partial charge in [0, 0.05) is 58.3 Å². The maximum absolute atomic E-state index is 12.3. The molecular weight excluding hydrogens is 519 g/mol. The molecule has 1 atom stereocenters. The molecule has 2 N–H and O–H groups in total. The van der Waals surface area contributed by atoms with Crippen molar-refractivity contribution in [2.24, 2.45) is 4.99 Å². The minimum atomic E-state index is -0.328. The zero-order valence-corrected chi connectivity index (χ0v) is 20.7. The number of hydrogen-bond acceptors (Lipinski definition) is 5. The Balaban J connectivity index is 0.00000289. The number of guanidine groups is 1. The zero-order chi connectivity index (χ0) is 21.5. The van der Waals surface area contributed by atoms with Gasteiger partial charge in [-0.25, -0.2) is 4.98 Å². The number of amides is 1. The molecule has 2 aliphatic heterocycles. The van der Waals surface area contributed by atoms with E-state index in [2.05, 4.69) is 30.4 Å². The summed E-state index contributed by atoms with van der Waals surface area (Å²) in [7, 11) is 1.81. The van der Waals surface area contributed by atoms with Gasteiger partial charge in [-0.3, -0.25) is 9.79 Å². The Labute approximate surface area is 206 Å². The number of nitrogens with one attached hydrogen (secondary N) is 2. The van der Waals surface area contributed by atoms with Gasteiger partial charge >= 0.3 is 0 Å². The van der Waals surface area contributed by atoms with Crippen molar-refractivity contribution in [3.8, 4) is 0 Å². The molecule has 2 saturated heterocycles. The zero-order valence-electron chi connectivity index (χ0n) is 18.4. The molecule has 0 spiro atoms. The third-order valence-electron chi connectivity index (χ3n) is 5.63. The van der Waals surface area contributed by atoms with Crippen LogP contribution in [0.1, 0.15) is 18.4 Å². The predicted molar refractivity (Wildman–Crippen MR) is 138 cm³/mol. The van der Waals surface area contributed by atoms with Gasteiger partial charge in [0.2, 0.25) is 0 Å². The molecular formula is C23H31IN6O2. The minimum Gasteiger partial charge on any atom is -0.368 e. The normalized spacial score (nSPS) is 18.8. The highest BCUT2D eigenvalue weighted by Crippen LogP contribution is 2.17. The summed E-state index contributed by atoms with van der Waals surface area (Å²) in [4.78, 5) is 25.8. The van der Waals surface area contributed by atoms with Crippen molar-refractivity contribution in [3.63, 3.8) is 0 Å². The molecule has 2 aromatic rings.